The number of rotatable bonds is 9. The van der Waals surface area contributed by atoms with Crippen LogP contribution in [0.2, 0.25) is 0 Å². The molecule has 0 unspecified atom stereocenters. The molecule has 0 amide bonds. The van der Waals surface area contributed by atoms with Crippen molar-refractivity contribution in [2.45, 2.75) is 44.9 Å². The Hall–Kier alpha value is -0.610. The molecule has 0 aliphatic heterocycles. The van der Waals surface area contributed by atoms with Crippen LogP contribution in [0, 0.1) is 11.3 Å². The molecule has 1 rings (SSSR count). The van der Waals surface area contributed by atoms with Gasteiger partial charge in [-0.3, -0.25) is 5.41 Å². The molecule has 106 valence electrons. The summed E-state index contributed by atoms with van der Waals surface area (Å²) in [6, 6.07) is 0. The maximum atomic E-state index is 7.31. The summed E-state index contributed by atoms with van der Waals surface area (Å²) in [5, 5.41) is 7.31. The fourth-order valence-electron chi connectivity index (χ4n) is 2.68. The Balaban J connectivity index is 2.22. The quantitative estimate of drug-likeness (QED) is 0.490. The van der Waals surface area contributed by atoms with Gasteiger partial charge >= 0.3 is 0 Å². The van der Waals surface area contributed by atoms with E-state index in [-0.39, 0.29) is 5.84 Å². The minimum absolute atomic E-state index is 0.287. The van der Waals surface area contributed by atoms with Crippen molar-refractivity contribution in [2.75, 3.05) is 33.4 Å². The third kappa shape index (κ3) is 6.97. The molecular weight excluding hydrogens is 226 g/mol. The summed E-state index contributed by atoms with van der Waals surface area (Å²) in [7, 11) is 1.74. The van der Waals surface area contributed by atoms with E-state index in [1.165, 1.54) is 38.5 Å². The molecule has 0 aromatic carbocycles. The van der Waals surface area contributed by atoms with Crippen LogP contribution in [0.1, 0.15) is 44.9 Å². The van der Waals surface area contributed by atoms with E-state index in [0.29, 0.717) is 6.42 Å². The molecule has 0 spiro atoms. The number of ether oxygens (including phenoxy) is 1. The topological polar surface area (TPSA) is 62.3 Å². The largest absolute Gasteiger partial charge is 0.388 e. The highest BCUT2D eigenvalue weighted by molar-refractivity contribution is 5.76. The summed E-state index contributed by atoms with van der Waals surface area (Å²) in [6.07, 6.45) is 9.03. The van der Waals surface area contributed by atoms with Crippen LogP contribution in [0.5, 0.6) is 0 Å². The lowest BCUT2D eigenvalue weighted by Gasteiger charge is -2.26. The first-order valence-corrected chi connectivity index (χ1v) is 7.26. The van der Waals surface area contributed by atoms with Gasteiger partial charge in [-0.25, -0.2) is 0 Å². The van der Waals surface area contributed by atoms with Crippen molar-refractivity contribution in [3.8, 4) is 0 Å². The van der Waals surface area contributed by atoms with Crippen LogP contribution in [0.15, 0.2) is 0 Å². The summed E-state index contributed by atoms with van der Waals surface area (Å²) >= 11 is 0. The molecule has 0 aromatic heterocycles. The molecule has 0 atom stereocenters. The summed E-state index contributed by atoms with van der Waals surface area (Å²) < 4.78 is 5.14. The van der Waals surface area contributed by atoms with Crippen LogP contribution in [0.3, 0.4) is 0 Å². The van der Waals surface area contributed by atoms with E-state index in [0.717, 1.165) is 32.2 Å². The number of methoxy groups -OCH3 is 1. The fourth-order valence-corrected chi connectivity index (χ4v) is 2.68. The molecule has 1 saturated carbocycles. The summed E-state index contributed by atoms with van der Waals surface area (Å²) in [5.41, 5.74) is 5.43. The third-order valence-corrected chi connectivity index (χ3v) is 3.89. The first-order chi connectivity index (χ1) is 8.72. The van der Waals surface area contributed by atoms with Crippen LogP contribution in [0.4, 0.5) is 0 Å². The van der Waals surface area contributed by atoms with E-state index in [4.69, 9.17) is 15.9 Å². The standard InChI is InChI=1S/C14H29N3O/c1-18-12-11-17(10-8-14(15)16)9-7-13-5-3-2-4-6-13/h13H,2-12H2,1H3,(H3,15,16). The van der Waals surface area contributed by atoms with Gasteiger partial charge in [0.2, 0.25) is 0 Å². The van der Waals surface area contributed by atoms with Crippen molar-refractivity contribution in [3.63, 3.8) is 0 Å². The predicted molar refractivity (Wildman–Crippen MR) is 76.0 cm³/mol. The average molecular weight is 255 g/mol. The number of nitrogens with one attached hydrogen (secondary N) is 1. The molecule has 18 heavy (non-hydrogen) atoms. The molecule has 4 nitrogen and oxygen atoms in total. The second-order valence-electron chi connectivity index (χ2n) is 5.40. The van der Waals surface area contributed by atoms with Gasteiger partial charge in [-0.15, -0.1) is 0 Å². The monoisotopic (exact) mass is 255 g/mol. The van der Waals surface area contributed by atoms with Gasteiger partial charge in [0.05, 0.1) is 12.4 Å². The van der Waals surface area contributed by atoms with Crippen molar-refractivity contribution in [1.29, 1.82) is 5.41 Å². The van der Waals surface area contributed by atoms with Gasteiger partial charge in [-0.05, 0) is 18.9 Å². The van der Waals surface area contributed by atoms with Gasteiger partial charge in [-0.2, -0.15) is 0 Å². The lowest BCUT2D eigenvalue weighted by atomic mass is 9.87. The van der Waals surface area contributed by atoms with Crippen LogP contribution in [0.25, 0.3) is 0 Å². The first-order valence-electron chi connectivity index (χ1n) is 7.26. The van der Waals surface area contributed by atoms with E-state index in [9.17, 15) is 0 Å². The zero-order chi connectivity index (χ0) is 13.2. The van der Waals surface area contributed by atoms with Crippen LogP contribution in [-0.4, -0.2) is 44.1 Å². The second-order valence-corrected chi connectivity index (χ2v) is 5.40. The van der Waals surface area contributed by atoms with E-state index < -0.39 is 0 Å². The lowest BCUT2D eigenvalue weighted by molar-refractivity contribution is 0.142. The van der Waals surface area contributed by atoms with Gasteiger partial charge in [0.15, 0.2) is 0 Å². The van der Waals surface area contributed by atoms with Gasteiger partial charge in [0.1, 0.15) is 0 Å². The molecule has 1 aliphatic carbocycles. The number of nitrogens with zero attached hydrogens (tertiary/aromatic N) is 1. The molecule has 4 heteroatoms. The van der Waals surface area contributed by atoms with Crippen LogP contribution < -0.4 is 5.73 Å². The molecule has 0 bridgehead atoms. The first kappa shape index (κ1) is 15.4. The molecule has 0 radical (unpaired) electrons. The molecular formula is C14H29N3O. The fraction of sp³-hybridized carbons (Fsp3) is 0.929. The average Bonchev–Trinajstić information content (AvgIpc) is 2.39. The normalized spacial score (nSPS) is 17.2. The number of nitrogens with two attached hydrogens (primary N) is 1. The molecule has 0 heterocycles. The van der Waals surface area contributed by atoms with Gasteiger partial charge < -0.3 is 15.4 Å². The van der Waals surface area contributed by atoms with Crippen LogP contribution in [-0.2, 0) is 4.74 Å². The zero-order valence-electron chi connectivity index (χ0n) is 11.8. The summed E-state index contributed by atoms with van der Waals surface area (Å²) in [6.45, 7) is 3.74. The predicted octanol–water partition coefficient (Wildman–Crippen LogP) is 2.23. The minimum Gasteiger partial charge on any atom is -0.388 e. The molecule has 1 aliphatic rings. The van der Waals surface area contributed by atoms with Crippen molar-refractivity contribution >= 4 is 5.84 Å². The van der Waals surface area contributed by atoms with Gasteiger partial charge in [-0.1, -0.05) is 32.1 Å². The maximum Gasteiger partial charge on any atom is 0.0918 e. The minimum atomic E-state index is 0.287. The Morgan fingerprint density at radius 3 is 2.56 bits per heavy atom. The summed E-state index contributed by atoms with van der Waals surface area (Å²) in [5.74, 6) is 1.20. The Labute approximate surface area is 111 Å². The highest BCUT2D eigenvalue weighted by atomic mass is 16.5. The molecule has 3 N–H and O–H groups in total. The number of amidine groups is 1. The Morgan fingerprint density at radius 1 is 1.22 bits per heavy atom. The Bertz CT molecular complexity index is 227. The number of hydrogen-bond acceptors (Lipinski definition) is 3. The SMILES string of the molecule is COCCN(CCC(=N)N)CCC1CCCCC1. The smallest absolute Gasteiger partial charge is 0.0918 e. The molecule has 1 fully saturated rings. The zero-order valence-corrected chi connectivity index (χ0v) is 11.8. The van der Waals surface area contributed by atoms with Gasteiger partial charge in [0, 0.05) is 26.6 Å². The highest BCUT2D eigenvalue weighted by Gasteiger charge is 2.15. The molecule has 0 saturated heterocycles. The summed E-state index contributed by atoms with van der Waals surface area (Å²) in [4.78, 5) is 2.39. The highest BCUT2D eigenvalue weighted by Crippen LogP contribution is 2.26. The van der Waals surface area contributed by atoms with Crippen molar-refractivity contribution in [3.05, 3.63) is 0 Å². The maximum absolute atomic E-state index is 7.31. The molecule has 0 aromatic rings. The second kappa shape index (κ2) is 9.34. The van der Waals surface area contributed by atoms with Crippen molar-refractivity contribution in [1.82, 2.24) is 4.90 Å². The van der Waals surface area contributed by atoms with E-state index >= 15 is 0 Å². The van der Waals surface area contributed by atoms with Crippen molar-refractivity contribution in [2.24, 2.45) is 11.7 Å². The van der Waals surface area contributed by atoms with Gasteiger partial charge in [0.25, 0.3) is 0 Å². The Morgan fingerprint density at radius 2 is 1.94 bits per heavy atom. The lowest BCUT2D eigenvalue weighted by Crippen LogP contribution is -2.33. The Kier molecular flexibility index (Phi) is 8.01. The van der Waals surface area contributed by atoms with E-state index in [2.05, 4.69) is 4.90 Å². The van der Waals surface area contributed by atoms with E-state index in [1.807, 2.05) is 0 Å². The van der Waals surface area contributed by atoms with Crippen LogP contribution >= 0.6 is 0 Å². The van der Waals surface area contributed by atoms with Crippen molar-refractivity contribution < 1.29 is 4.74 Å². The van der Waals surface area contributed by atoms with E-state index in [1.54, 1.807) is 7.11 Å². The number of hydrogen-bond donors (Lipinski definition) is 2. The third-order valence-electron chi connectivity index (χ3n) is 3.89.